The molecule has 0 aliphatic heterocycles. The van der Waals surface area contributed by atoms with Gasteiger partial charge in [-0.25, -0.2) is 0 Å². The Balaban J connectivity index is 1.89. The summed E-state index contributed by atoms with van der Waals surface area (Å²) in [5, 5.41) is 2.57. The van der Waals surface area contributed by atoms with Crippen molar-refractivity contribution in [3.05, 3.63) is 72.6 Å². The van der Waals surface area contributed by atoms with Gasteiger partial charge in [-0.2, -0.15) is 0 Å². The quantitative estimate of drug-likeness (QED) is 0.728. The summed E-state index contributed by atoms with van der Waals surface area (Å²) < 4.78 is 1.99. The number of nitrogens with zero attached hydrogens (tertiary/aromatic N) is 1. The Hall–Kier alpha value is -2.22. The van der Waals surface area contributed by atoms with Crippen LogP contribution in [-0.2, 0) is 0 Å². The predicted molar refractivity (Wildman–Crippen MR) is 76.2 cm³/mol. The highest BCUT2D eigenvalue weighted by Crippen LogP contribution is 2.20. The van der Waals surface area contributed by atoms with E-state index in [4.69, 9.17) is 0 Å². The molecule has 0 amide bonds. The van der Waals surface area contributed by atoms with Crippen LogP contribution in [0.3, 0.4) is 0 Å². The van der Waals surface area contributed by atoms with Crippen LogP contribution >= 0.6 is 0 Å². The van der Waals surface area contributed by atoms with E-state index in [2.05, 4.69) is 54.8 Å². The molecule has 0 aliphatic carbocycles. The first-order valence-electron chi connectivity index (χ1n) is 6.21. The number of rotatable bonds is 3. The van der Waals surface area contributed by atoms with Crippen LogP contribution in [0.5, 0.6) is 0 Å². The Labute approximate surface area is 107 Å². The second-order valence-electron chi connectivity index (χ2n) is 4.55. The zero-order valence-electron chi connectivity index (χ0n) is 10.4. The number of benzene rings is 2. The van der Waals surface area contributed by atoms with Gasteiger partial charge in [0, 0.05) is 12.4 Å². The van der Waals surface area contributed by atoms with Crippen molar-refractivity contribution >= 4 is 10.8 Å². The third-order valence-corrected chi connectivity index (χ3v) is 3.22. The topological polar surface area (TPSA) is 17.0 Å². The summed E-state index contributed by atoms with van der Waals surface area (Å²) in [5.41, 5.74) is 4.71. The monoisotopic (exact) mass is 236 g/mol. The summed E-state index contributed by atoms with van der Waals surface area (Å²) in [7, 11) is 0. The summed E-state index contributed by atoms with van der Waals surface area (Å²) in [4.78, 5) is 0. The molecule has 0 spiro atoms. The van der Waals surface area contributed by atoms with Crippen LogP contribution < -0.4 is 5.43 Å². The van der Waals surface area contributed by atoms with Crippen molar-refractivity contribution in [3.8, 4) is 0 Å². The fourth-order valence-electron chi connectivity index (χ4n) is 2.20. The SMILES string of the molecule is CC(Nn1cccc1)c1ccc2ccccc2c1. The predicted octanol–water partition coefficient (Wildman–Crippen LogP) is 3.95. The molecule has 0 saturated heterocycles. The van der Waals surface area contributed by atoms with E-state index in [1.165, 1.54) is 16.3 Å². The lowest BCUT2D eigenvalue weighted by molar-refractivity contribution is 0.729. The summed E-state index contributed by atoms with van der Waals surface area (Å²) in [6.45, 7) is 2.17. The molecule has 0 fully saturated rings. The normalized spacial score (nSPS) is 12.5. The molecule has 18 heavy (non-hydrogen) atoms. The summed E-state index contributed by atoms with van der Waals surface area (Å²) in [6, 6.07) is 19.4. The van der Waals surface area contributed by atoms with Crippen molar-refractivity contribution in [2.45, 2.75) is 13.0 Å². The molecule has 1 N–H and O–H groups in total. The molecule has 3 aromatic rings. The van der Waals surface area contributed by atoms with E-state index >= 15 is 0 Å². The molecule has 0 saturated carbocycles. The van der Waals surface area contributed by atoms with Crippen LogP contribution in [-0.4, -0.2) is 4.68 Å². The summed E-state index contributed by atoms with van der Waals surface area (Å²) >= 11 is 0. The van der Waals surface area contributed by atoms with Crippen molar-refractivity contribution in [2.24, 2.45) is 0 Å². The minimum Gasteiger partial charge on any atom is -0.319 e. The third kappa shape index (κ3) is 2.09. The van der Waals surface area contributed by atoms with Crippen molar-refractivity contribution < 1.29 is 0 Å². The molecule has 1 atom stereocenters. The first-order valence-corrected chi connectivity index (χ1v) is 6.21. The van der Waals surface area contributed by atoms with Gasteiger partial charge in [0.25, 0.3) is 0 Å². The molecule has 2 nitrogen and oxygen atoms in total. The van der Waals surface area contributed by atoms with Crippen molar-refractivity contribution in [1.82, 2.24) is 4.68 Å². The minimum atomic E-state index is 0.280. The van der Waals surface area contributed by atoms with Crippen LogP contribution in [0.2, 0.25) is 0 Å². The standard InChI is InChI=1S/C16H16N2/c1-13(17-18-10-4-5-11-18)15-9-8-14-6-2-3-7-16(14)12-15/h2-13,17H,1H3. The zero-order valence-corrected chi connectivity index (χ0v) is 10.4. The Kier molecular flexibility index (Phi) is 2.77. The minimum absolute atomic E-state index is 0.280. The lowest BCUT2D eigenvalue weighted by Gasteiger charge is -2.17. The Morgan fingerprint density at radius 3 is 2.39 bits per heavy atom. The van der Waals surface area contributed by atoms with Gasteiger partial charge in [-0.15, -0.1) is 0 Å². The molecule has 2 aromatic carbocycles. The molecule has 1 aromatic heterocycles. The highest BCUT2D eigenvalue weighted by atomic mass is 15.4. The molecule has 0 radical (unpaired) electrons. The zero-order chi connectivity index (χ0) is 12.4. The van der Waals surface area contributed by atoms with E-state index in [0.717, 1.165) is 0 Å². The van der Waals surface area contributed by atoms with Crippen LogP contribution in [0.15, 0.2) is 67.0 Å². The maximum atomic E-state index is 3.42. The molecule has 0 aliphatic rings. The van der Waals surface area contributed by atoms with Crippen LogP contribution in [0, 0.1) is 0 Å². The Morgan fingerprint density at radius 2 is 1.61 bits per heavy atom. The molecule has 1 heterocycles. The highest BCUT2D eigenvalue weighted by molar-refractivity contribution is 5.83. The second kappa shape index (κ2) is 4.57. The van der Waals surface area contributed by atoms with Gasteiger partial charge in [0.2, 0.25) is 0 Å². The Morgan fingerprint density at radius 1 is 0.889 bits per heavy atom. The van der Waals surface area contributed by atoms with Crippen molar-refractivity contribution in [3.63, 3.8) is 0 Å². The molecular formula is C16H16N2. The van der Waals surface area contributed by atoms with Gasteiger partial charge in [-0.1, -0.05) is 36.4 Å². The van der Waals surface area contributed by atoms with Gasteiger partial charge >= 0.3 is 0 Å². The van der Waals surface area contributed by atoms with Gasteiger partial charge in [0.05, 0.1) is 6.04 Å². The van der Waals surface area contributed by atoms with E-state index in [9.17, 15) is 0 Å². The number of hydrogen-bond acceptors (Lipinski definition) is 1. The summed E-state index contributed by atoms with van der Waals surface area (Å²) in [5.74, 6) is 0. The van der Waals surface area contributed by atoms with Gasteiger partial charge in [-0.3, -0.25) is 4.68 Å². The van der Waals surface area contributed by atoms with Crippen molar-refractivity contribution in [1.29, 1.82) is 0 Å². The average molecular weight is 236 g/mol. The largest absolute Gasteiger partial charge is 0.319 e. The second-order valence-corrected chi connectivity index (χ2v) is 4.55. The number of nitrogens with one attached hydrogen (secondary N) is 1. The molecule has 90 valence electrons. The van der Waals surface area contributed by atoms with Crippen molar-refractivity contribution in [2.75, 3.05) is 5.43 Å². The van der Waals surface area contributed by atoms with E-state index in [1.807, 2.05) is 29.2 Å². The number of hydrogen-bond donors (Lipinski definition) is 1. The first kappa shape index (κ1) is 10.9. The van der Waals surface area contributed by atoms with Gasteiger partial charge in [0.15, 0.2) is 0 Å². The lowest BCUT2D eigenvalue weighted by Crippen LogP contribution is -2.16. The smallest absolute Gasteiger partial charge is 0.0645 e. The molecule has 0 bridgehead atoms. The van der Waals surface area contributed by atoms with E-state index in [-0.39, 0.29) is 6.04 Å². The van der Waals surface area contributed by atoms with Gasteiger partial charge in [-0.05, 0) is 41.5 Å². The van der Waals surface area contributed by atoms with E-state index in [0.29, 0.717) is 0 Å². The van der Waals surface area contributed by atoms with Crippen LogP contribution in [0.1, 0.15) is 18.5 Å². The first-order chi connectivity index (χ1) is 8.83. The molecular weight excluding hydrogens is 220 g/mol. The molecule has 3 rings (SSSR count). The lowest BCUT2D eigenvalue weighted by atomic mass is 10.0. The average Bonchev–Trinajstić information content (AvgIpc) is 2.91. The highest BCUT2D eigenvalue weighted by Gasteiger charge is 2.05. The Bertz CT molecular complexity index is 641. The third-order valence-electron chi connectivity index (χ3n) is 3.22. The van der Waals surface area contributed by atoms with E-state index in [1.54, 1.807) is 0 Å². The van der Waals surface area contributed by atoms with Crippen LogP contribution in [0.25, 0.3) is 10.8 Å². The number of aromatic nitrogens is 1. The molecule has 2 heteroatoms. The fraction of sp³-hybridized carbons (Fsp3) is 0.125. The molecule has 1 unspecified atom stereocenters. The van der Waals surface area contributed by atoms with E-state index < -0.39 is 0 Å². The van der Waals surface area contributed by atoms with Gasteiger partial charge < -0.3 is 5.43 Å². The summed E-state index contributed by atoms with van der Waals surface area (Å²) in [6.07, 6.45) is 4.02. The van der Waals surface area contributed by atoms with Gasteiger partial charge in [0.1, 0.15) is 0 Å². The maximum absolute atomic E-state index is 3.42. The van der Waals surface area contributed by atoms with Crippen LogP contribution in [0.4, 0.5) is 0 Å². The fourth-order valence-corrected chi connectivity index (χ4v) is 2.20. The maximum Gasteiger partial charge on any atom is 0.0645 e. The number of fused-ring (bicyclic) bond motifs is 1.